The van der Waals surface area contributed by atoms with Crippen molar-refractivity contribution in [3.63, 3.8) is 0 Å². The van der Waals surface area contributed by atoms with Crippen molar-refractivity contribution in [2.24, 2.45) is 0 Å². The highest BCUT2D eigenvalue weighted by Crippen LogP contribution is 2.10. The first-order valence-electron chi connectivity index (χ1n) is 5.79. The van der Waals surface area contributed by atoms with Crippen LogP contribution in [0.2, 0.25) is 0 Å². The van der Waals surface area contributed by atoms with E-state index in [4.69, 9.17) is 9.84 Å². The molecular weight excluding hydrogens is 268 g/mol. The highest BCUT2D eigenvalue weighted by molar-refractivity contribution is 7.09. The smallest absolute Gasteiger partial charge is 0.317 e. The number of hydrogen-bond acceptors (Lipinski definition) is 4. The van der Waals surface area contributed by atoms with Crippen LogP contribution in [0.15, 0.2) is 17.5 Å². The maximum absolute atomic E-state index is 11.8. The summed E-state index contributed by atoms with van der Waals surface area (Å²) >= 11 is 1.58. The summed E-state index contributed by atoms with van der Waals surface area (Å²) in [6, 6.07) is 3.64. The maximum atomic E-state index is 11.8. The van der Waals surface area contributed by atoms with Crippen LogP contribution in [0.5, 0.6) is 0 Å². The molecule has 0 radical (unpaired) electrons. The minimum Gasteiger partial charge on any atom is -0.481 e. The first kappa shape index (κ1) is 15.5. The van der Waals surface area contributed by atoms with Gasteiger partial charge < -0.3 is 20.1 Å². The molecule has 0 bridgehead atoms. The Labute approximate surface area is 116 Å². The van der Waals surface area contributed by atoms with Gasteiger partial charge in [-0.2, -0.15) is 0 Å². The largest absolute Gasteiger partial charge is 0.481 e. The average Bonchev–Trinajstić information content (AvgIpc) is 2.86. The molecule has 0 saturated carbocycles. The molecule has 1 atom stereocenters. The first-order chi connectivity index (χ1) is 9.02. The third kappa shape index (κ3) is 5.71. The minimum atomic E-state index is -0.951. The average molecular weight is 286 g/mol. The zero-order valence-electron chi connectivity index (χ0n) is 11.0. The SMILES string of the molecule is COC(CNC(=O)N(C)Cc1cccs1)CC(=O)O. The number of aliphatic carboxylic acids is 1. The standard InChI is InChI=1S/C12H18N2O4S/c1-14(8-10-4-3-5-19-10)12(17)13-7-9(18-2)6-11(15)16/h3-5,9H,6-8H2,1-2H3,(H,13,17)(H,15,16). The molecule has 1 aromatic heterocycles. The number of nitrogens with one attached hydrogen (secondary N) is 1. The molecule has 0 spiro atoms. The van der Waals surface area contributed by atoms with Gasteiger partial charge in [0.15, 0.2) is 0 Å². The third-order valence-electron chi connectivity index (χ3n) is 2.54. The van der Waals surface area contributed by atoms with E-state index >= 15 is 0 Å². The van der Waals surface area contributed by atoms with Crippen LogP contribution in [0.4, 0.5) is 4.79 Å². The van der Waals surface area contributed by atoms with Gasteiger partial charge in [0.25, 0.3) is 0 Å². The number of amides is 2. The maximum Gasteiger partial charge on any atom is 0.317 e. The first-order valence-corrected chi connectivity index (χ1v) is 6.66. The van der Waals surface area contributed by atoms with Crippen molar-refractivity contribution in [2.75, 3.05) is 20.7 Å². The Morgan fingerprint density at radius 3 is 2.84 bits per heavy atom. The number of carboxylic acids is 1. The van der Waals surface area contributed by atoms with Crippen LogP contribution in [0.25, 0.3) is 0 Å². The molecule has 0 fully saturated rings. The molecule has 0 aromatic carbocycles. The number of urea groups is 1. The summed E-state index contributed by atoms with van der Waals surface area (Å²) in [4.78, 5) is 25.0. The normalized spacial score (nSPS) is 11.9. The lowest BCUT2D eigenvalue weighted by atomic mass is 10.2. The summed E-state index contributed by atoms with van der Waals surface area (Å²) in [5, 5.41) is 13.3. The van der Waals surface area contributed by atoms with Gasteiger partial charge in [0.05, 0.1) is 19.1 Å². The molecule has 1 rings (SSSR count). The molecule has 1 heterocycles. The lowest BCUT2D eigenvalue weighted by Gasteiger charge is -2.19. The van der Waals surface area contributed by atoms with Crippen LogP contribution >= 0.6 is 11.3 Å². The van der Waals surface area contributed by atoms with E-state index in [-0.39, 0.29) is 19.0 Å². The van der Waals surface area contributed by atoms with Gasteiger partial charge in [-0.15, -0.1) is 11.3 Å². The summed E-state index contributed by atoms with van der Waals surface area (Å²) in [6.07, 6.45) is -0.651. The van der Waals surface area contributed by atoms with E-state index in [1.54, 1.807) is 23.3 Å². The van der Waals surface area contributed by atoms with Crippen LogP contribution < -0.4 is 5.32 Å². The minimum absolute atomic E-state index is 0.134. The Balaban J connectivity index is 2.35. The number of carboxylic acid groups (broad SMARTS) is 1. The van der Waals surface area contributed by atoms with Crippen LogP contribution in [0, 0.1) is 0 Å². The number of carbonyl (C=O) groups excluding carboxylic acids is 1. The number of rotatable bonds is 7. The molecule has 0 aliphatic carbocycles. The van der Waals surface area contributed by atoms with Crippen molar-refractivity contribution in [3.05, 3.63) is 22.4 Å². The van der Waals surface area contributed by atoms with Gasteiger partial charge in [-0.3, -0.25) is 4.79 Å². The van der Waals surface area contributed by atoms with E-state index in [1.165, 1.54) is 7.11 Å². The molecule has 0 aliphatic heterocycles. The van der Waals surface area contributed by atoms with Crippen LogP contribution in [0.3, 0.4) is 0 Å². The Hall–Kier alpha value is -1.60. The van der Waals surface area contributed by atoms with E-state index in [0.29, 0.717) is 6.54 Å². The molecule has 1 unspecified atom stereocenters. The van der Waals surface area contributed by atoms with E-state index < -0.39 is 12.1 Å². The fourth-order valence-electron chi connectivity index (χ4n) is 1.48. The van der Waals surface area contributed by atoms with Gasteiger partial charge >= 0.3 is 12.0 Å². The molecule has 2 N–H and O–H groups in total. The topological polar surface area (TPSA) is 78.9 Å². The Kier molecular flexibility index (Phi) is 6.31. The second kappa shape index (κ2) is 7.75. The van der Waals surface area contributed by atoms with Crippen LogP contribution in [0.1, 0.15) is 11.3 Å². The van der Waals surface area contributed by atoms with E-state index in [0.717, 1.165) is 4.88 Å². The second-order valence-corrected chi connectivity index (χ2v) is 5.11. The van der Waals surface area contributed by atoms with Gasteiger partial charge in [0.1, 0.15) is 0 Å². The predicted molar refractivity (Wildman–Crippen MR) is 72.2 cm³/mol. The lowest BCUT2D eigenvalue weighted by molar-refractivity contribution is -0.139. The molecule has 0 saturated heterocycles. The number of ether oxygens (including phenoxy) is 1. The van der Waals surface area contributed by atoms with E-state index in [9.17, 15) is 9.59 Å². The predicted octanol–water partition coefficient (Wildman–Crippen LogP) is 1.38. The van der Waals surface area contributed by atoms with Gasteiger partial charge in [-0.1, -0.05) is 6.07 Å². The van der Waals surface area contributed by atoms with Gasteiger partial charge in [-0.05, 0) is 11.4 Å². The van der Waals surface area contributed by atoms with Crippen molar-refractivity contribution >= 4 is 23.3 Å². The fraction of sp³-hybridized carbons (Fsp3) is 0.500. The van der Waals surface area contributed by atoms with Crippen molar-refractivity contribution in [3.8, 4) is 0 Å². The lowest BCUT2D eigenvalue weighted by Crippen LogP contribution is -2.41. The highest BCUT2D eigenvalue weighted by Gasteiger charge is 2.15. The summed E-state index contributed by atoms with van der Waals surface area (Å²) in [5.41, 5.74) is 0. The Morgan fingerprint density at radius 2 is 2.32 bits per heavy atom. The van der Waals surface area contributed by atoms with Crippen molar-refractivity contribution in [1.29, 1.82) is 0 Å². The van der Waals surface area contributed by atoms with Crippen molar-refractivity contribution in [1.82, 2.24) is 10.2 Å². The monoisotopic (exact) mass is 286 g/mol. The summed E-state index contributed by atoms with van der Waals surface area (Å²) in [7, 11) is 3.11. The molecule has 19 heavy (non-hydrogen) atoms. The molecule has 6 nitrogen and oxygen atoms in total. The van der Waals surface area contributed by atoms with Crippen molar-refractivity contribution < 1.29 is 19.4 Å². The molecular formula is C12H18N2O4S. The number of thiophene rings is 1. The molecule has 7 heteroatoms. The number of hydrogen-bond donors (Lipinski definition) is 2. The molecule has 1 aromatic rings. The second-order valence-electron chi connectivity index (χ2n) is 4.08. The number of carbonyl (C=O) groups is 2. The number of methoxy groups -OCH3 is 1. The van der Waals surface area contributed by atoms with Crippen molar-refractivity contribution in [2.45, 2.75) is 19.1 Å². The Morgan fingerprint density at radius 1 is 1.58 bits per heavy atom. The number of nitrogens with zero attached hydrogens (tertiary/aromatic N) is 1. The van der Waals surface area contributed by atoms with E-state index in [1.807, 2.05) is 17.5 Å². The van der Waals surface area contributed by atoms with Gasteiger partial charge in [0.2, 0.25) is 0 Å². The third-order valence-corrected chi connectivity index (χ3v) is 3.40. The summed E-state index contributed by atoms with van der Waals surface area (Å²) in [6.45, 7) is 0.705. The fourth-order valence-corrected chi connectivity index (χ4v) is 2.24. The van der Waals surface area contributed by atoms with Gasteiger partial charge in [0, 0.05) is 25.6 Å². The van der Waals surface area contributed by atoms with Crippen LogP contribution in [-0.2, 0) is 16.1 Å². The van der Waals surface area contributed by atoms with Crippen LogP contribution in [-0.4, -0.2) is 48.8 Å². The quantitative estimate of drug-likeness (QED) is 0.793. The molecule has 2 amide bonds. The zero-order chi connectivity index (χ0) is 14.3. The highest BCUT2D eigenvalue weighted by atomic mass is 32.1. The molecule has 0 aliphatic rings. The van der Waals surface area contributed by atoms with E-state index in [2.05, 4.69) is 5.32 Å². The zero-order valence-corrected chi connectivity index (χ0v) is 11.8. The Bertz CT molecular complexity index is 408. The summed E-state index contributed by atoms with van der Waals surface area (Å²) in [5.74, 6) is -0.951. The molecule has 106 valence electrons. The van der Waals surface area contributed by atoms with Gasteiger partial charge in [-0.25, -0.2) is 4.79 Å². The summed E-state index contributed by atoms with van der Waals surface area (Å²) < 4.78 is 4.99.